The summed E-state index contributed by atoms with van der Waals surface area (Å²) in [5, 5.41) is 0. The second-order valence-corrected chi connectivity index (χ2v) is 1.22. The van der Waals surface area contributed by atoms with Crippen LogP contribution in [0.3, 0.4) is 0 Å². The van der Waals surface area contributed by atoms with Crippen molar-refractivity contribution >= 4 is 10.4 Å². The fraction of sp³-hybridized carbons (Fsp3) is 0. The Labute approximate surface area is 146 Å². The van der Waals surface area contributed by atoms with Crippen molar-refractivity contribution in [2.45, 2.75) is 0 Å². The minimum Gasteiger partial charge on any atom is -0.759 e. The molecular formula is H22Na2O15S. The van der Waals surface area contributed by atoms with Gasteiger partial charge in [0, 0.05) is 10.4 Å². The van der Waals surface area contributed by atoms with Gasteiger partial charge < -0.3 is 69.3 Å². The summed E-state index contributed by atoms with van der Waals surface area (Å²) in [6.07, 6.45) is 0. The van der Waals surface area contributed by atoms with Crippen molar-refractivity contribution < 1.29 is 137 Å². The van der Waals surface area contributed by atoms with Crippen LogP contribution in [0.2, 0.25) is 0 Å². The molecule has 18 heteroatoms. The van der Waals surface area contributed by atoms with Crippen molar-refractivity contribution in [2.75, 3.05) is 0 Å². The minimum absolute atomic E-state index is 0. The molecule has 0 unspecified atom stereocenters. The van der Waals surface area contributed by atoms with E-state index in [0.717, 1.165) is 0 Å². The Morgan fingerprint density at radius 1 is 0.444 bits per heavy atom. The normalized spacial score (nSPS) is 3.22. The molecule has 0 aromatic rings. The molecule has 0 saturated carbocycles. The topological polar surface area (TPSA) is 427 Å². The molecule has 0 aromatic carbocycles. The van der Waals surface area contributed by atoms with Crippen LogP contribution in [0, 0.1) is 0 Å². The van der Waals surface area contributed by atoms with Gasteiger partial charge in [-0.3, -0.25) is 8.42 Å². The van der Waals surface area contributed by atoms with E-state index in [1.807, 2.05) is 0 Å². The van der Waals surface area contributed by atoms with Crippen LogP contribution in [0.4, 0.5) is 0 Å². The molecule has 0 fully saturated rings. The van der Waals surface area contributed by atoms with E-state index >= 15 is 0 Å². The fourth-order valence-corrected chi connectivity index (χ4v) is 0. The summed E-state index contributed by atoms with van der Waals surface area (Å²) < 4.78 is 34.1. The van der Waals surface area contributed by atoms with Gasteiger partial charge in [0.25, 0.3) is 0 Å². The summed E-state index contributed by atoms with van der Waals surface area (Å²) in [5.74, 6) is 0. The van der Waals surface area contributed by atoms with E-state index in [0.29, 0.717) is 0 Å². The fourth-order valence-electron chi connectivity index (χ4n) is 0. The Hall–Kier alpha value is 1.43. The van der Waals surface area contributed by atoms with Gasteiger partial charge in [-0.25, -0.2) is 0 Å². The third-order valence-corrected chi connectivity index (χ3v) is 0. The van der Waals surface area contributed by atoms with Crippen molar-refractivity contribution in [1.82, 2.24) is 0 Å². The molecule has 0 atom stereocenters. The second kappa shape index (κ2) is 101. The molecule has 0 amide bonds. The zero-order valence-electron chi connectivity index (χ0n) is 9.54. The first-order chi connectivity index (χ1) is 2.00. The number of rotatable bonds is 0. The van der Waals surface area contributed by atoms with Crippen molar-refractivity contribution in [3.8, 4) is 0 Å². The first-order valence-corrected chi connectivity index (χ1v) is 2.00. The molecule has 0 aliphatic rings. The van der Waals surface area contributed by atoms with Gasteiger partial charge in [-0.05, 0) is 0 Å². The quantitative estimate of drug-likeness (QED) is 0.235. The van der Waals surface area contributed by atoms with Gasteiger partial charge in [0.2, 0.25) is 0 Å². The Morgan fingerprint density at radius 2 is 0.444 bits per heavy atom. The van der Waals surface area contributed by atoms with E-state index in [1.54, 1.807) is 0 Å². The molecule has 0 heterocycles. The Bertz CT molecular complexity index is 97.7. The zero-order chi connectivity index (χ0) is 4.50. The summed E-state index contributed by atoms with van der Waals surface area (Å²) in [4.78, 5) is 0. The predicted octanol–water partition coefficient (Wildman–Crippen LogP) is -16.4. The third-order valence-electron chi connectivity index (χ3n) is 0. The maximum atomic E-state index is 8.52. The molecule has 15 nitrogen and oxygen atoms in total. The molecule has 0 saturated heterocycles. The first-order valence-electron chi connectivity index (χ1n) is 0.667. The Balaban J connectivity index is -0.00000000103. The smallest absolute Gasteiger partial charge is 0.759 e. The molecular weight excluding hydrogens is 318 g/mol. The van der Waals surface area contributed by atoms with Gasteiger partial charge in [-0.15, -0.1) is 0 Å². The van der Waals surface area contributed by atoms with Gasteiger partial charge in [0.05, 0.1) is 0 Å². The summed E-state index contributed by atoms with van der Waals surface area (Å²) in [5.41, 5.74) is 0. The minimum atomic E-state index is -5.17. The largest absolute Gasteiger partial charge is 1.00 e. The van der Waals surface area contributed by atoms with Crippen LogP contribution >= 0.6 is 0 Å². The summed E-state index contributed by atoms with van der Waals surface area (Å²) in [7, 11) is -5.17. The number of hydrogen-bond donors (Lipinski definition) is 0. The van der Waals surface area contributed by atoms with E-state index in [-0.39, 0.29) is 119 Å². The second-order valence-electron chi connectivity index (χ2n) is 0.408. The van der Waals surface area contributed by atoms with E-state index in [2.05, 4.69) is 0 Å². The third kappa shape index (κ3) is 2300. The van der Waals surface area contributed by atoms with E-state index in [9.17, 15) is 0 Å². The van der Waals surface area contributed by atoms with Gasteiger partial charge in [0.1, 0.15) is 0 Å². The molecule has 0 aliphatic heterocycles. The monoisotopic (exact) mass is 340 g/mol. The SMILES string of the molecule is O.O.O.O.O.O.O.O.O.O.O.O=S(=O)([O-])[O-].[Na+].[Na+]. The van der Waals surface area contributed by atoms with Crippen LogP contribution < -0.4 is 59.1 Å². The van der Waals surface area contributed by atoms with Crippen molar-refractivity contribution in [2.24, 2.45) is 0 Å². The summed E-state index contributed by atoms with van der Waals surface area (Å²) in [6, 6.07) is 0. The van der Waals surface area contributed by atoms with Crippen LogP contribution in [0.5, 0.6) is 0 Å². The predicted molar refractivity (Wildman–Crippen MR) is 50.2 cm³/mol. The average molecular weight is 340 g/mol. The molecule has 0 bridgehead atoms. The van der Waals surface area contributed by atoms with Crippen molar-refractivity contribution in [3.63, 3.8) is 0 Å². The molecule has 0 radical (unpaired) electrons. The summed E-state index contributed by atoms with van der Waals surface area (Å²) in [6.45, 7) is 0. The van der Waals surface area contributed by atoms with Crippen LogP contribution in [0.15, 0.2) is 0 Å². The van der Waals surface area contributed by atoms with E-state index in [1.165, 1.54) is 0 Å². The van der Waals surface area contributed by atoms with Crippen LogP contribution in [-0.4, -0.2) is 77.8 Å². The maximum Gasteiger partial charge on any atom is 1.00 e. The first kappa shape index (κ1) is 224. The van der Waals surface area contributed by atoms with Gasteiger partial charge in [-0.2, -0.15) is 0 Å². The van der Waals surface area contributed by atoms with Gasteiger partial charge in [0.15, 0.2) is 0 Å². The average Bonchev–Trinajstić information content (AvgIpc) is 0.722. The number of hydrogen-bond acceptors (Lipinski definition) is 4. The Morgan fingerprint density at radius 3 is 0.444 bits per heavy atom. The molecule has 0 spiro atoms. The van der Waals surface area contributed by atoms with Crippen molar-refractivity contribution in [3.05, 3.63) is 0 Å². The van der Waals surface area contributed by atoms with Crippen molar-refractivity contribution in [1.29, 1.82) is 0 Å². The molecule has 18 heavy (non-hydrogen) atoms. The molecule has 120 valence electrons. The molecule has 0 aliphatic carbocycles. The van der Waals surface area contributed by atoms with Crippen LogP contribution in [0.1, 0.15) is 0 Å². The zero-order valence-corrected chi connectivity index (χ0v) is 14.4. The van der Waals surface area contributed by atoms with Gasteiger partial charge >= 0.3 is 59.1 Å². The van der Waals surface area contributed by atoms with E-state index < -0.39 is 10.4 Å². The Kier molecular flexibility index (Phi) is 1260. The van der Waals surface area contributed by atoms with Crippen LogP contribution in [0.25, 0.3) is 0 Å². The standard InChI is InChI=1S/2Na.H2O4S.11H2O/c;;1-5(2,3)4;;;;;;;;;;;/h;;(H2,1,2,3,4);11*1H2/q2*+1;;;;;;;;;;;;/p-2. The molecule has 22 N–H and O–H groups in total. The van der Waals surface area contributed by atoms with E-state index in [4.69, 9.17) is 17.5 Å². The molecule has 0 aromatic heterocycles. The van der Waals surface area contributed by atoms with Crippen LogP contribution in [-0.2, 0) is 10.4 Å². The van der Waals surface area contributed by atoms with Gasteiger partial charge in [-0.1, -0.05) is 0 Å². The maximum absolute atomic E-state index is 8.52. The molecule has 0 rings (SSSR count). The summed E-state index contributed by atoms with van der Waals surface area (Å²) >= 11 is 0.